The van der Waals surface area contributed by atoms with E-state index in [1.54, 1.807) is 14.2 Å². The normalized spacial score (nSPS) is 21.2. The number of benzene rings is 1. The summed E-state index contributed by atoms with van der Waals surface area (Å²) in [6.45, 7) is 2.02. The van der Waals surface area contributed by atoms with Gasteiger partial charge in [0.25, 0.3) is 0 Å². The monoisotopic (exact) mass is 381 g/mol. The first-order valence-electron chi connectivity index (χ1n) is 9.18. The lowest BCUT2D eigenvalue weighted by Gasteiger charge is -2.24. The summed E-state index contributed by atoms with van der Waals surface area (Å²) in [7, 11) is 3.28. The molecule has 1 amide bonds. The van der Waals surface area contributed by atoms with Gasteiger partial charge in [-0.3, -0.25) is 9.89 Å². The van der Waals surface area contributed by atoms with Crippen LogP contribution in [-0.2, 0) is 9.53 Å². The SMILES string of the molecule is COC1=CC(C)=C[C@@H](Oc2ccc([C@@H]3CC(=O)Nc4n[nH]cc43)cc2OC)C1. The van der Waals surface area contributed by atoms with E-state index in [-0.39, 0.29) is 17.9 Å². The number of anilines is 1. The number of nitrogens with zero attached hydrogens (tertiary/aromatic N) is 1. The molecule has 0 saturated heterocycles. The maximum absolute atomic E-state index is 12.0. The molecule has 0 unspecified atom stereocenters. The highest BCUT2D eigenvalue weighted by molar-refractivity contribution is 5.94. The second-order valence-corrected chi connectivity index (χ2v) is 6.99. The third-order valence-corrected chi connectivity index (χ3v) is 5.06. The molecule has 2 heterocycles. The van der Waals surface area contributed by atoms with Crippen molar-refractivity contribution in [3.63, 3.8) is 0 Å². The second kappa shape index (κ2) is 7.42. The summed E-state index contributed by atoms with van der Waals surface area (Å²) in [5.74, 6) is 2.64. The van der Waals surface area contributed by atoms with Crippen molar-refractivity contribution in [2.75, 3.05) is 19.5 Å². The molecule has 7 nitrogen and oxygen atoms in total. The number of aromatic amines is 1. The molecule has 0 radical (unpaired) electrons. The van der Waals surface area contributed by atoms with Gasteiger partial charge in [0.05, 0.1) is 20.0 Å². The van der Waals surface area contributed by atoms with E-state index >= 15 is 0 Å². The lowest BCUT2D eigenvalue weighted by molar-refractivity contribution is -0.116. The topological polar surface area (TPSA) is 85.5 Å². The van der Waals surface area contributed by atoms with Crippen molar-refractivity contribution in [2.24, 2.45) is 0 Å². The smallest absolute Gasteiger partial charge is 0.226 e. The number of methoxy groups -OCH3 is 2. The molecule has 0 fully saturated rings. The van der Waals surface area contributed by atoms with Crippen LogP contribution in [0.5, 0.6) is 11.5 Å². The van der Waals surface area contributed by atoms with Crippen LogP contribution >= 0.6 is 0 Å². The molecule has 7 heteroatoms. The summed E-state index contributed by atoms with van der Waals surface area (Å²) in [6.07, 6.45) is 6.81. The molecule has 2 aliphatic rings. The molecule has 146 valence electrons. The summed E-state index contributed by atoms with van der Waals surface area (Å²) < 4.78 is 17.1. The van der Waals surface area contributed by atoms with Gasteiger partial charge >= 0.3 is 0 Å². The molecule has 28 heavy (non-hydrogen) atoms. The first-order chi connectivity index (χ1) is 13.6. The average molecular weight is 381 g/mol. The summed E-state index contributed by atoms with van der Waals surface area (Å²) in [4.78, 5) is 12.0. The van der Waals surface area contributed by atoms with Crippen molar-refractivity contribution in [1.82, 2.24) is 10.2 Å². The highest BCUT2D eigenvalue weighted by Crippen LogP contribution is 2.39. The minimum Gasteiger partial charge on any atom is -0.501 e. The zero-order valence-corrected chi connectivity index (χ0v) is 16.1. The number of allylic oxidation sites excluding steroid dienone is 2. The quantitative estimate of drug-likeness (QED) is 0.828. The third-order valence-electron chi connectivity index (χ3n) is 5.06. The number of amides is 1. The van der Waals surface area contributed by atoms with E-state index < -0.39 is 0 Å². The van der Waals surface area contributed by atoms with Gasteiger partial charge < -0.3 is 19.5 Å². The molecule has 1 aromatic heterocycles. The van der Waals surface area contributed by atoms with Gasteiger partial charge in [0.2, 0.25) is 5.91 Å². The van der Waals surface area contributed by atoms with Gasteiger partial charge in [-0.1, -0.05) is 6.07 Å². The molecule has 1 aliphatic carbocycles. The molecule has 0 bridgehead atoms. The number of rotatable bonds is 5. The summed E-state index contributed by atoms with van der Waals surface area (Å²) in [6, 6.07) is 5.81. The summed E-state index contributed by atoms with van der Waals surface area (Å²) >= 11 is 0. The van der Waals surface area contributed by atoms with E-state index in [4.69, 9.17) is 14.2 Å². The number of aromatic nitrogens is 2. The van der Waals surface area contributed by atoms with Gasteiger partial charge in [-0.25, -0.2) is 0 Å². The minimum atomic E-state index is -0.124. The van der Waals surface area contributed by atoms with Crippen LogP contribution in [0, 0.1) is 0 Å². The Kier molecular flexibility index (Phi) is 4.81. The number of H-pyrrole nitrogens is 1. The fraction of sp³-hybridized carbons (Fsp3) is 0.333. The highest BCUT2D eigenvalue weighted by atomic mass is 16.5. The van der Waals surface area contributed by atoms with Crippen molar-refractivity contribution < 1.29 is 19.0 Å². The molecule has 1 aromatic carbocycles. The van der Waals surface area contributed by atoms with Crippen LogP contribution in [0.25, 0.3) is 0 Å². The molecular formula is C21H23N3O4. The number of nitrogens with one attached hydrogen (secondary N) is 2. The van der Waals surface area contributed by atoms with E-state index in [1.807, 2.05) is 37.4 Å². The Hall–Kier alpha value is -3.22. The number of carbonyl (C=O) groups excluding carboxylic acids is 1. The average Bonchev–Trinajstić information content (AvgIpc) is 3.15. The number of hydrogen-bond donors (Lipinski definition) is 2. The van der Waals surface area contributed by atoms with Crippen molar-refractivity contribution in [1.29, 1.82) is 0 Å². The summed E-state index contributed by atoms with van der Waals surface area (Å²) in [5, 5.41) is 9.72. The molecule has 2 N–H and O–H groups in total. The van der Waals surface area contributed by atoms with Crippen molar-refractivity contribution in [3.8, 4) is 11.5 Å². The lowest BCUT2D eigenvalue weighted by Crippen LogP contribution is -2.23. The number of carbonyl (C=O) groups is 1. The third kappa shape index (κ3) is 3.47. The van der Waals surface area contributed by atoms with Crippen molar-refractivity contribution >= 4 is 11.7 Å². The van der Waals surface area contributed by atoms with E-state index in [0.717, 1.165) is 22.5 Å². The maximum atomic E-state index is 12.0. The van der Waals surface area contributed by atoms with Gasteiger partial charge in [0.1, 0.15) is 6.10 Å². The zero-order valence-electron chi connectivity index (χ0n) is 16.1. The molecular weight excluding hydrogens is 358 g/mol. The Morgan fingerprint density at radius 3 is 2.79 bits per heavy atom. The van der Waals surface area contributed by atoms with Crippen LogP contribution in [0.3, 0.4) is 0 Å². The Balaban J connectivity index is 1.60. The molecule has 2 atom stereocenters. The predicted octanol–water partition coefficient (Wildman–Crippen LogP) is 3.52. The fourth-order valence-electron chi connectivity index (χ4n) is 3.73. The van der Waals surface area contributed by atoms with Crippen LogP contribution in [0.4, 0.5) is 5.82 Å². The van der Waals surface area contributed by atoms with Crippen LogP contribution in [0.1, 0.15) is 36.8 Å². The Morgan fingerprint density at radius 1 is 1.14 bits per heavy atom. The maximum Gasteiger partial charge on any atom is 0.226 e. The first-order valence-corrected chi connectivity index (χ1v) is 9.18. The van der Waals surface area contributed by atoms with E-state index in [2.05, 4.69) is 21.6 Å². The highest BCUT2D eigenvalue weighted by Gasteiger charge is 2.29. The second-order valence-electron chi connectivity index (χ2n) is 6.99. The molecule has 1 aliphatic heterocycles. The van der Waals surface area contributed by atoms with E-state index in [9.17, 15) is 4.79 Å². The lowest BCUT2D eigenvalue weighted by atomic mass is 9.87. The Morgan fingerprint density at radius 2 is 2.00 bits per heavy atom. The molecule has 2 aromatic rings. The van der Waals surface area contributed by atoms with Gasteiger partial charge in [-0.05, 0) is 42.3 Å². The molecule has 0 saturated carbocycles. The first kappa shape index (κ1) is 18.2. The van der Waals surface area contributed by atoms with Crippen molar-refractivity contribution in [2.45, 2.75) is 31.8 Å². The van der Waals surface area contributed by atoms with Gasteiger partial charge in [-0.15, -0.1) is 0 Å². The predicted molar refractivity (Wildman–Crippen MR) is 105 cm³/mol. The standard InChI is InChI=1S/C21H23N3O4/c1-12-6-14(26-2)9-15(7-12)28-18-5-4-13(8-19(18)27-3)16-10-20(25)23-21-17(16)11-22-24-21/h4-8,11,15-16H,9-10H2,1-3H3,(H2,22,23,24,25)/t15-,16+/m1/s1. The van der Waals surface area contributed by atoms with Gasteiger partial charge in [0.15, 0.2) is 17.3 Å². The minimum absolute atomic E-state index is 0.0504. The van der Waals surface area contributed by atoms with Gasteiger partial charge in [0, 0.05) is 30.5 Å². The van der Waals surface area contributed by atoms with Crippen LogP contribution in [-0.4, -0.2) is 36.4 Å². The number of ether oxygens (including phenoxy) is 3. The molecule has 0 spiro atoms. The van der Waals surface area contributed by atoms with Crippen LogP contribution in [0.2, 0.25) is 0 Å². The Bertz CT molecular complexity index is 960. The van der Waals surface area contributed by atoms with Crippen LogP contribution < -0.4 is 14.8 Å². The Labute approximate surface area is 163 Å². The number of hydrogen-bond acceptors (Lipinski definition) is 5. The van der Waals surface area contributed by atoms with Crippen molar-refractivity contribution in [3.05, 3.63) is 59.0 Å². The summed E-state index contributed by atoms with van der Waals surface area (Å²) in [5.41, 5.74) is 3.05. The number of fused-ring (bicyclic) bond motifs is 1. The van der Waals surface area contributed by atoms with Crippen LogP contribution in [0.15, 0.2) is 47.9 Å². The fourth-order valence-corrected chi connectivity index (χ4v) is 3.73. The van der Waals surface area contributed by atoms with E-state index in [0.29, 0.717) is 30.2 Å². The molecule has 4 rings (SSSR count). The van der Waals surface area contributed by atoms with Gasteiger partial charge in [-0.2, -0.15) is 5.10 Å². The van der Waals surface area contributed by atoms with E-state index in [1.165, 1.54) is 0 Å². The largest absolute Gasteiger partial charge is 0.501 e. The zero-order chi connectivity index (χ0) is 19.7.